The topological polar surface area (TPSA) is 88.2 Å². The second-order valence-corrected chi connectivity index (χ2v) is 14.3. The van der Waals surface area contributed by atoms with Crippen LogP contribution in [0, 0.1) is 5.92 Å². The van der Waals surface area contributed by atoms with Crippen LogP contribution in [-0.4, -0.2) is 114 Å². The molecule has 3 atom stereocenters. The number of piperidine rings is 1. The maximum absolute atomic E-state index is 14.3. The first-order valence-corrected chi connectivity index (χ1v) is 17.4. The number of amides is 4. The van der Waals surface area contributed by atoms with E-state index in [1.165, 1.54) is 19.3 Å². The molecule has 4 aliphatic rings. The molecule has 2 aliphatic carbocycles. The van der Waals surface area contributed by atoms with Gasteiger partial charge >= 0.3 is 6.03 Å². The highest BCUT2D eigenvalue weighted by atomic mass is 35.5. The van der Waals surface area contributed by atoms with Gasteiger partial charge in [0.2, 0.25) is 11.8 Å². The summed E-state index contributed by atoms with van der Waals surface area (Å²) in [6, 6.07) is 8.76. The average molecular weight is 629 g/mol. The first kappa shape index (κ1) is 33.0. The molecule has 9 nitrogen and oxygen atoms in total. The molecular weight excluding hydrogens is 576 g/mol. The zero-order valence-corrected chi connectivity index (χ0v) is 27.7. The number of carbonyl (C=O) groups excluding carboxylic acids is 3. The smallest absolute Gasteiger partial charge is 0.319 e. The van der Waals surface area contributed by atoms with Gasteiger partial charge in [-0.2, -0.15) is 0 Å². The van der Waals surface area contributed by atoms with Gasteiger partial charge in [-0.3, -0.25) is 14.5 Å². The van der Waals surface area contributed by atoms with Gasteiger partial charge < -0.3 is 25.3 Å². The van der Waals surface area contributed by atoms with E-state index in [-0.39, 0.29) is 41.9 Å². The van der Waals surface area contributed by atoms with Crippen molar-refractivity contribution in [3.05, 3.63) is 34.9 Å². The Bertz CT molecular complexity index is 1120. The van der Waals surface area contributed by atoms with Gasteiger partial charge in [-0.15, -0.1) is 0 Å². The van der Waals surface area contributed by atoms with E-state index in [1.54, 1.807) is 4.90 Å². The molecule has 2 saturated carbocycles. The van der Waals surface area contributed by atoms with Crippen molar-refractivity contribution in [1.29, 1.82) is 0 Å². The fraction of sp³-hybridized carbons (Fsp3) is 0.735. The molecule has 2 N–H and O–H groups in total. The first-order chi connectivity index (χ1) is 21.2. The summed E-state index contributed by atoms with van der Waals surface area (Å²) in [5.74, 6) is 0.478. The Labute approximate surface area is 269 Å². The van der Waals surface area contributed by atoms with E-state index >= 15 is 0 Å². The molecule has 0 radical (unpaired) electrons. The van der Waals surface area contributed by atoms with Crippen molar-refractivity contribution in [2.45, 2.75) is 108 Å². The number of rotatable bonds is 8. The summed E-state index contributed by atoms with van der Waals surface area (Å²) in [4.78, 5) is 47.9. The zero-order valence-electron chi connectivity index (χ0n) is 27.0. The van der Waals surface area contributed by atoms with Crippen LogP contribution in [0.5, 0.6) is 0 Å². The van der Waals surface area contributed by atoms with E-state index in [4.69, 9.17) is 11.6 Å². The Balaban J connectivity index is 1.24. The van der Waals surface area contributed by atoms with Gasteiger partial charge in [-0.05, 0) is 75.0 Å². The fourth-order valence-corrected chi connectivity index (χ4v) is 8.19. The Hall–Kier alpha value is -2.36. The van der Waals surface area contributed by atoms with Crippen molar-refractivity contribution in [3.63, 3.8) is 0 Å². The van der Waals surface area contributed by atoms with Crippen LogP contribution in [0.4, 0.5) is 4.79 Å². The minimum absolute atomic E-state index is 0.108. The predicted octanol–water partition coefficient (Wildman–Crippen LogP) is 4.14. The molecule has 10 heteroatoms. The number of carbonyl (C=O) groups is 3. The molecule has 4 fully saturated rings. The highest BCUT2D eigenvalue weighted by Gasteiger charge is 2.40. The number of likely N-dealkylation sites (tertiary alicyclic amines) is 1. The normalized spacial score (nSPS) is 27.8. The molecule has 44 heavy (non-hydrogen) atoms. The summed E-state index contributed by atoms with van der Waals surface area (Å²) in [7, 11) is 3.70. The quantitative estimate of drug-likeness (QED) is 0.452. The number of benzene rings is 1. The number of nitrogens with one attached hydrogen (secondary N) is 2. The van der Waals surface area contributed by atoms with Gasteiger partial charge in [0, 0.05) is 69.5 Å². The predicted molar refractivity (Wildman–Crippen MR) is 175 cm³/mol. The zero-order chi connectivity index (χ0) is 31.2. The van der Waals surface area contributed by atoms with Crippen LogP contribution in [0.25, 0.3) is 0 Å². The SMILES string of the molecule is CC1CN(C(=O)[C@H](Cc2ccc(Cl)cc2)NC2CCC(N3CCNC(=O)C3)CC2)CCC1N(C(=O)N(C)C)C1CCCCC1. The standard InChI is InChI=1S/C34H53ClN6O3/c1-24-22-40(19-17-31(24)41(34(44)38(2)3)29-7-5-4-6-8-29)33(43)30(21-25-9-11-26(35)12-10-25)37-27-13-15-28(16-14-27)39-20-18-36-32(42)23-39/h9-12,24,27-31,37H,4-8,13-23H2,1-3H3,(H,36,42)/t24?,27?,28?,30-,31?/m0/s1. The van der Waals surface area contributed by atoms with E-state index in [0.717, 1.165) is 63.6 Å². The molecular formula is C34H53ClN6O3. The van der Waals surface area contributed by atoms with E-state index in [1.807, 2.05) is 43.3 Å². The van der Waals surface area contributed by atoms with E-state index in [2.05, 4.69) is 27.4 Å². The molecule has 0 spiro atoms. The molecule has 4 amide bonds. The fourth-order valence-electron chi connectivity index (χ4n) is 8.06. The molecule has 0 aromatic heterocycles. The molecule has 5 rings (SSSR count). The lowest BCUT2D eigenvalue weighted by Crippen LogP contribution is -2.60. The summed E-state index contributed by atoms with van der Waals surface area (Å²) >= 11 is 6.18. The Morgan fingerprint density at radius 3 is 2.34 bits per heavy atom. The maximum Gasteiger partial charge on any atom is 0.319 e. The summed E-state index contributed by atoms with van der Waals surface area (Å²) in [5, 5.41) is 7.41. The highest BCUT2D eigenvalue weighted by Crippen LogP contribution is 2.32. The van der Waals surface area contributed by atoms with Crippen molar-refractivity contribution in [3.8, 4) is 0 Å². The number of piperazine rings is 1. The van der Waals surface area contributed by atoms with Crippen LogP contribution in [0.1, 0.15) is 76.7 Å². The molecule has 2 aliphatic heterocycles. The summed E-state index contributed by atoms with van der Waals surface area (Å²) in [6.07, 6.45) is 11.2. The van der Waals surface area contributed by atoms with Crippen molar-refractivity contribution < 1.29 is 14.4 Å². The van der Waals surface area contributed by atoms with Crippen molar-refractivity contribution in [2.75, 3.05) is 46.8 Å². The third kappa shape index (κ3) is 8.26. The summed E-state index contributed by atoms with van der Waals surface area (Å²) in [5.41, 5.74) is 1.09. The lowest BCUT2D eigenvalue weighted by molar-refractivity contribution is -0.136. The van der Waals surface area contributed by atoms with Crippen LogP contribution in [-0.2, 0) is 16.0 Å². The molecule has 2 saturated heterocycles. The van der Waals surface area contributed by atoms with Crippen LogP contribution in [0.15, 0.2) is 24.3 Å². The van der Waals surface area contributed by atoms with Crippen LogP contribution in [0.2, 0.25) is 5.02 Å². The van der Waals surface area contributed by atoms with Gasteiger partial charge in [0.1, 0.15) is 0 Å². The minimum Gasteiger partial charge on any atom is -0.354 e. The lowest BCUT2D eigenvalue weighted by atomic mass is 9.87. The maximum atomic E-state index is 14.3. The lowest BCUT2D eigenvalue weighted by Gasteiger charge is -2.48. The van der Waals surface area contributed by atoms with Crippen LogP contribution in [0.3, 0.4) is 0 Å². The van der Waals surface area contributed by atoms with Gasteiger partial charge in [0.15, 0.2) is 0 Å². The van der Waals surface area contributed by atoms with Crippen molar-refractivity contribution >= 4 is 29.4 Å². The summed E-state index contributed by atoms with van der Waals surface area (Å²) in [6.45, 7) is 5.68. The molecule has 244 valence electrons. The molecule has 2 unspecified atom stereocenters. The second kappa shape index (κ2) is 15.3. The van der Waals surface area contributed by atoms with Gasteiger partial charge in [0.25, 0.3) is 0 Å². The third-order valence-corrected chi connectivity index (χ3v) is 10.7. The Kier molecular flexibility index (Phi) is 11.5. The number of halogens is 1. The number of nitrogens with zero attached hydrogens (tertiary/aromatic N) is 4. The van der Waals surface area contributed by atoms with Gasteiger partial charge in [-0.25, -0.2) is 4.79 Å². The largest absolute Gasteiger partial charge is 0.354 e. The van der Waals surface area contributed by atoms with Crippen molar-refractivity contribution in [2.24, 2.45) is 5.92 Å². The van der Waals surface area contributed by atoms with E-state index in [0.29, 0.717) is 43.2 Å². The van der Waals surface area contributed by atoms with E-state index < -0.39 is 0 Å². The van der Waals surface area contributed by atoms with Crippen LogP contribution < -0.4 is 10.6 Å². The summed E-state index contributed by atoms with van der Waals surface area (Å²) < 4.78 is 0. The average Bonchev–Trinajstić information content (AvgIpc) is 3.03. The monoisotopic (exact) mass is 628 g/mol. The molecule has 2 heterocycles. The third-order valence-electron chi connectivity index (χ3n) is 10.5. The second-order valence-electron chi connectivity index (χ2n) is 13.9. The minimum atomic E-state index is -0.319. The van der Waals surface area contributed by atoms with Crippen molar-refractivity contribution in [1.82, 2.24) is 30.2 Å². The van der Waals surface area contributed by atoms with Crippen LogP contribution >= 0.6 is 11.6 Å². The first-order valence-electron chi connectivity index (χ1n) is 17.0. The van der Waals surface area contributed by atoms with E-state index in [9.17, 15) is 14.4 Å². The Morgan fingerprint density at radius 1 is 1.00 bits per heavy atom. The van der Waals surface area contributed by atoms with Gasteiger partial charge in [-0.1, -0.05) is 49.9 Å². The molecule has 1 aromatic rings. The number of hydrogen-bond acceptors (Lipinski definition) is 5. The highest BCUT2D eigenvalue weighted by molar-refractivity contribution is 6.30. The molecule has 0 bridgehead atoms. The van der Waals surface area contributed by atoms with Gasteiger partial charge in [0.05, 0.1) is 12.6 Å². The number of urea groups is 1. The Morgan fingerprint density at radius 2 is 1.70 bits per heavy atom. The number of hydrogen-bond donors (Lipinski definition) is 2. The molecule has 1 aromatic carbocycles.